The van der Waals surface area contributed by atoms with E-state index in [-0.39, 0.29) is 18.0 Å². The van der Waals surface area contributed by atoms with E-state index in [4.69, 9.17) is 4.74 Å². The van der Waals surface area contributed by atoms with Crippen molar-refractivity contribution >= 4 is 17.6 Å². The summed E-state index contributed by atoms with van der Waals surface area (Å²) in [5, 5.41) is 5.81. The molecule has 2 atom stereocenters. The van der Waals surface area contributed by atoms with E-state index < -0.39 is 6.04 Å². The Bertz CT molecular complexity index is 555. The highest BCUT2D eigenvalue weighted by molar-refractivity contribution is 5.98. The van der Waals surface area contributed by atoms with Crippen LogP contribution in [0.3, 0.4) is 0 Å². The lowest BCUT2D eigenvalue weighted by Crippen LogP contribution is -2.50. The molecular weight excluding hydrogens is 270 g/mol. The zero-order valence-electron chi connectivity index (χ0n) is 12.0. The van der Waals surface area contributed by atoms with E-state index in [1.165, 1.54) is 0 Å². The molecule has 1 aromatic carbocycles. The Labute approximate surface area is 123 Å². The molecule has 6 heteroatoms. The summed E-state index contributed by atoms with van der Waals surface area (Å²) in [6.07, 6.45) is 0.816. The summed E-state index contributed by atoms with van der Waals surface area (Å²) in [4.78, 5) is 26.2. The van der Waals surface area contributed by atoms with Crippen LogP contribution in [0.5, 0.6) is 0 Å². The van der Waals surface area contributed by atoms with Gasteiger partial charge in [-0.3, -0.25) is 4.79 Å². The number of benzene rings is 1. The second kappa shape index (κ2) is 5.73. The third-order valence-corrected chi connectivity index (χ3v) is 3.98. The van der Waals surface area contributed by atoms with Crippen LogP contribution in [-0.2, 0) is 16.1 Å². The first-order valence-corrected chi connectivity index (χ1v) is 7.19. The third kappa shape index (κ3) is 2.85. The number of nitrogens with one attached hydrogen (secondary N) is 2. The van der Waals surface area contributed by atoms with Crippen LogP contribution in [-0.4, -0.2) is 42.1 Å². The topological polar surface area (TPSA) is 70.7 Å². The number of carbonyl (C=O) groups excluding carboxylic acids is 2. The van der Waals surface area contributed by atoms with Crippen LogP contribution in [0.4, 0.5) is 10.5 Å². The number of amides is 3. The quantitative estimate of drug-likeness (QED) is 0.819. The van der Waals surface area contributed by atoms with Crippen LogP contribution in [0, 0.1) is 0 Å². The fraction of sp³-hybridized carbons (Fsp3) is 0.467. The minimum atomic E-state index is -0.514. The number of fused-ring (bicyclic) bond motifs is 1. The first kappa shape index (κ1) is 13.9. The molecule has 2 N–H and O–H groups in total. The van der Waals surface area contributed by atoms with Gasteiger partial charge in [0.25, 0.3) is 0 Å². The van der Waals surface area contributed by atoms with Crippen molar-refractivity contribution in [1.29, 1.82) is 0 Å². The molecule has 21 heavy (non-hydrogen) atoms. The van der Waals surface area contributed by atoms with Gasteiger partial charge in [0.1, 0.15) is 6.04 Å². The van der Waals surface area contributed by atoms with E-state index in [1.54, 1.807) is 11.8 Å². The van der Waals surface area contributed by atoms with Crippen molar-refractivity contribution < 1.29 is 14.3 Å². The van der Waals surface area contributed by atoms with E-state index in [0.29, 0.717) is 19.8 Å². The fourth-order valence-corrected chi connectivity index (χ4v) is 2.63. The standard InChI is InChI=1S/C15H19N3O3/c1-10-14(19)17-13-5-3-2-4-11(13)8-18(10)15(20)16-12-6-7-21-9-12/h2-5,10,12H,6-9H2,1H3,(H,16,20)(H,17,19). The van der Waals surface area contributed by atoms with Gasteiger partial charge in [-0.15, -0.1) is 0 Å². The number of urea groups is 1. The van der Waals surface area contributed by atoms with Crippen LogP contribution in [0.25, 0.3) is 0 Å². The van der Waals surface area contributed by atoms with Gasteiger partial charge in [-0.1, -0.05) is 18.2 Å². The lowest BCUT2D eigenvalue weighted by Gasteiger charge is -2.27. The van der Waals surface area contributed by atoms with E-state index >= 15 is 0 Å². The van der Waals surface area contributed by atoms with Crippen molar-refractivity contribution in [2.45, 2.75) is 32.0 Å². The highest BCUT2D eigenvalue weighted by Crippen LogP contribution is 2.23. The lowest BCUT2D eigenvalue weighted by molar-refractivity contribution is -0.119. The maximum absolute atomic E-state index is 12.5. The van der Waals surface area contributed by atoms with Gasteiger partial charge >= 0.3 is 6.03 Å². The number of nitrogens with zero attached hydrogens (tertiary/aromatic N) is 1. The van der Waals surface area contributed by atoms with Crippen molar-refractivity contribution in [2.75, 3.05) is 18.5 Å². The van der Waals surface area contributed by atoms with Gasteiger partial charge in [-0.05, 0) is 25.0 Å². The Morgan fingerprint density at radius 1 is 1.43 bits per heavy atom. The Kier molecular flexibility index (Phi) is 3.79. The second-order valence-corrected chi connectivity index (χ2v) is 5.46. The Morgan fingerprint density at radius 2 is 2.24 bits per heavy atom. The van der Waals surface area contributed by atoms with Gasteiger partial charge in [-0.25, -0.2) is 4.79 Å². The summed E-state index contributed by atoms with van der Waals surface area (Å²) in [6, 6.07) is 6.85. The summed E-state index contributed by atoms with van der Waals surface area (Å²) in [5.74, 6) is -0.169. The minimum Gasteiger partial charge on any atom is -0.379 e. The molecule has 2 heterocycles. The van der Waals surface area contributed by atoms with Gasteiger partial charge in [-0.2, -0.15) is 0 Å². The molecule has 1 fully saturated rings. The highest BCUT2D eigenvalue weighted by atomic mass is 16.5. The van der Waals surface area contributed by atoms with Gasteiger partial charge in [0.2, 0.25) is 5.91 Å². The van der Waals surface area contributed by atoms with Crippen LogP contribution < -0.4 is 10.6 Å². The van der Waals surface area contributed by atoms with Gasteiger partial charge < -0.3 is 20.3 Å². The van der Waals surface area contributed by atoms with Crippen molar-refractivity contribution in [3.05, 3.63) is 29.8 Å². The molecule has 6 nitrogen and oxygen atoms in total. The largest absolute Gasteiger partial charge is 0.379 e. The van der Waals surface area contributed by atoms with Crippen LogP contribution in [0.15, 0.2) is 24.3 Å². The summed E-state index contributed by atoms with van der Waals surface area (Å²) in [5.41, 5.74) is 1.71. The molecule has 3 rings (SSSR count). The number of carbonyl (C=O) groups is 2. The van der Waals surface area contributed by atoms with E-state index in [2.05, 4.69) is 10.6 Å². The lowest BCUT2D eigenvalue weighted by atomic mass is 10.1. The molecule has 0 bridgehead atoms. The summed E-state index contributed by atoms with van der Waals surface area (Å²) < 4.78 is 5.26. The van der Waals surface area contributed by atoms with E-state index in [1.807, 2.05) is 24.3 Å². The molecule has 2 unspecified atom stereocenters. The molecule has 0 spiro atoms. The Morgan fingerprint density at radius 3 is 3.00 bits per heavy atom. The summed E-state index contributed by atoms with van der Waals surface area (Å²) >= 11 is 0. The van der Waals surface area contributed by atoms with Crippen molar-refractivity contribution in [2.24, 2.45) is 0 Å². The van der Waals surface area contributed by atoms with E-state index in [9.17, 15) is 9.59 Å². The molecule has 0 aliphatic carbocycles. The molecular formula is C15H19N3O3. The van der Waals surface area contributed by atoms with E-state index in [0.717, 1.165) is 17.7 Å². The maximum Gasteiger partial charge on any atom is 0.318 e. The molecule has 0 radical (unpaired) electrons. The molecule has 112 valence electrons. The van der Waals surface area contributed by atoms with Crippen LogP contribution in [0.2, 0.25) is 0 Å². The molecule has 3 amide bonds. The predicted molar refractivity (Wildman–Crippen MR) is 77.8 cm³/mol. The first-order valence-electron chi connectivity index (χ1n) is 7.19. The normalized spacial score (nSPS) is 25.0. The van der Waals surface area contributed by atoms with Crippen molar-refractivity contribution in [3.63, 3.8) is 0 Å². The molecule has 0 saturated carbocycles. The molecule has 2 aliphatic rings. The molecule has 2 aliphatic heterocycles. The number of anilines is 1. The Hall–Kier alpha value is -2.08. The number of hydrogen-bond donors (Lipinski definition) is 2. The van der Waals surface area contributed by atoms with Crippen LogP contribution >= 0.6 is 0 Å². The molecule has 1 saturated heterocycles. The van der Waals surface area contributed by atoms with Gasteiger partial charge in [0.05, 0.1) is 19.2 Å². The zero-order chi connectivity index (χ0) is 14.8. The third-order valence-electron chi connectivity index (χ3n) is 3.98. The maximum atomic E-state index is 12.5. The summed E-state index contributed by atoms with van der Waals surface area (Å²) in [6.45, 7) is 3.36. The SMILES string of the molecule is CC1C(=O)Nc2ccccc2CN1C(=O)NC1CCOC1. The smallest absolute Gasteiger partial charge is 0.318 e. The van der Waals surface area contributed by atoms with Crippen molar-refractivity contribution in [3.8, 4) is 0 Å². The number of para-hydroxylation sites is 1. The average molecular weight is 289 g/mol. The first-order chi connectivity index (χ1) is 10.1. The molecule has 0 aromatic heterocycles. The van der Waals surface area contributed by atoms with Crippen LogP contribution in [0.1, 0.15) is 18.9 Å². The second-order valence-electron chi connectivity index (χ2n) is 5.46. The highest BCUT2D eigenvalue weighted by Gasteiger charge is 2.31. The number of hydrogen-bond acceptors (Lipinski definition) is 3. The van der Waals surface area contributed by atoms with Gasteiger partial charge in [0.15, 0.2) is 0 Å². The Balaban J connectivity index is 1.79. The minimum absolute atomic E-state index is 0.0336. The van der Waals surface area contributed by atoms with Crippen molar-refractivity contribution in [1.82, 2.24) is 10.2 Å². The summed E-state index contributed by atoms with van der Waals surface area (Å²) in [7, 11) is 0. The fourth-order valence-electron chi connectivity index (χ4n) is 2.63. The average Bonchev–Trinajstić information content (AvgIpc) is 2.93. The number of rotatable bonds is 1. The zero-order valence-corrected chi connectivity index (χ0v) is 12.0. The monoisotopic (exact) mass is 289 g/mol. The predicted octanol–water partition coefficient (Wildman–Crippen LogP) is 1.33. The van der Waals surface area contributed by atoms with Gasteiger partial charge in [0, 0.05) is 12.3 Å². The molecule has 1 aromatic rings. The number of ether oxygens (including phenoxy) is 1.